The van der Waals surface area contributed by atoms with E-state index in [1.165, 1.54) is 0 Å². The van der Waals surface area contributed by atoms with Crippen molar-refractivity contribution in [2.45, 2.75) is 18.5 Å². The molecule has 0 amide bonds. The first-order valence-corrected chi connectivity index (χ1v) is 5.29. The number of pyridine rings is 1. The largest absolute Gasteiger partial charge is 0.355 e. The quantitative estimate of drug-likeness (QED) is 0.675. The van der Waals surface area contributed by atoms with Crippen LogP contribution in [-0.2, 0) is 18.9 Å². The molecule has 5 nitrogen and oxygen atoms in total. The lowest BCUT2D eigenvalue weighted by Crippen LogP contribution is -2.35. The highest BCUT2D eigenvalue weighted by Crippen LogP contribution is 2.27. The molecule has 0 atom stereocenters. The van der Waals surface area contributed by atoms with Gasteiger partial charge in [0.1, 0.15) is 0 Å². The smallest absolute Gasteiger partial charge is 0.168 e. The standard InChI is InChI=1S/C12H19NO4/c1-14-11(15-2)10(12(16-3)17-4)9-5-7-13-8-6-9/h5-8,10-12H,1-4H3. The predicted octanol–water partition coefficient (Wildman–Crippen LogP) is 1.40. The van der Waals surface area contributed by atoms with Gasteiger partial charge in [-0.15, -0.1) is 0 Å². The summed E-state index contributed by atoms with van der Waals surface area (Å²) in [5.41, 5.74) is 0.988. The Balaban J connectivity index is 3.01. The molecular formula is C12H19NO4. The van der Waals surface area contributed by atoms with Crippen molar-refractivity contribution in [3.63, 3.8) is 0 Å². The maximum Gasteiger partial charge on any atom is 0.168 e. The molecule has 0 saturated carbocycles. The number of ether oxygens (including phenoxy) is 4. The summed E-state index contributed by atoms with van der Waals surface area (Å²) in [6, 6.07) is 3.78. The van der Waals surface area contributed by atoms with Gasteiger partial charge in [0.15, 0.2) is 12.6 Å². The van der Waals surface area contributed by atoms with Crippen LogP contribution in [-0.4, -0.2) is 46.0 Å². The van der Waals surface area contributed by atoms with Gasteiger partial charge in [0, 0.05) is 40.8 Å². The molecule has 1 heterocycles. The van der Waals surface area contributed by atoms with Crippen molar-refractivity contribution in [3.8, 4) is 0 Å². The van der Waals surface area contributed by atoms with Gasteiger partial charge in [0.25, 0.3) is 0 Å². The molecule has 0 aliphatic carbocycles. The molecule has 1 aromatic rings. The Kier molecular flexibility index (Phi) is 6.07. The number of methoxy groups -OCH3 is 4. The van der Waals surface area contributed by atoms with Gasteiger partial charge in [-0.3, -0.25) is 4.98 Å². The third-order valence-electron chi connectivity index (χ3n) is 2.61. The zero-order valence-electron chi connectivity index (χ0n) is 10.6. The van der Waals surface area contributed by atoms with Gasteiger partial charge >= 0.3 is 0 Å². The number of aromatic nitrogens is 1. The molecule has 0 N–H and O–H groups in total. The molecule has 1 aromatic heterocycles. The van der Waals surface area contributed by atoms with Gasteiger partial charge in [-0.1, -0.05) is 0 Å². The van der Waals surface area contributed by atoms with Gasteiger partial charge < -0.3 is 18.9 Å². The molecule has 17 heavy (non-hydrogen) atoms. The minimum Gasteiger partial charge on any atom is -0.355 e. The minimum absolute atomic E-state index is 0.178. The van der Waals surface area contributed by atoms with E-state index in [9.17, 15) is 0 Å². The molecular weight excluding hydrogens is 222 g/mol. The first-order valence-electron chi connectivity index (χ1n) is 5.29. The van der Waals surface area contributed by atoms with Crippen molar-refractivity contribution >= 4 is 0 Å². The van der Waals surface area contributed by atoms with Gasteiger partial charge in [-0.2, -0.15) is 0 Å². The number of nitrogens with zero attached hydrogens (tertiary/aromatic N) is 1. The molecule has 0 aliphatic heterocycles. The average Bonchev–Trinajstić information content (AvgIpc) is 2.40. The molecule has 0 aliphatic rings. The van der Waals surface area contributed by atoms with Gasteiger partial charge in [-0.25, -0.2) is 0 Å². The Morgan fingerprint density at radius 3 is 1.59 bits per heavy atom. The van der Waals surface area contributed by atoms with Crippen molar-refractivity contribution in [2.24, 2.45) is 0 Å². The maximum absolute atomic E-state index is 5.30. The van der Waals surface area contributed by atoms with E-state index < -0.39 is 12.6 Å². The van der Waals surface area contributed by atoms with E-state index in [1.54, 1.807) is 40.8 Å². The monoisotopic (exact) mass is 241 g/mol. The second kappa shape index (κ2) is 7.34. The Bertz CT molecular complexity index is 287. The first kappa shape index (κ1) is 14.1. The molecule has 0 bridgehead atoms. The van der Waals surface area contributed by atoms with Gasteiger partial charge in [0.2, 0.25) is 0 Å². The summed E-state index contributed by atoms with van der Waals surface area (Å²) in [5.74, 6) is -0.178. The molecule has 1 rings (SSSR count). The molecule has 0 fully saturated rings. The van der Waals surface area contributed by atoms with Crippen LogP contribution in [0.4, 0.5) is 0 Å². The third kappa shape index (κ3) is 3.47. The summed E-state index contributed by atoms with van der Waals surface area (Å²) in [6.45, 7) is 0. The molecule has 0 unspecified atom stereocenters. The first-order chi connectivity index (χ1) is 8.28. The van der Waals surface area contributed by atoms with Crippen molar-refractivity contribution in [1.82, 2.24) is 4.98 Å². The fourth-order valence-corrected chi connectivity index (χ4v) is 1.81. The third-order valence-corrected chi connectivity index (χ3v) is 2.61. The molecule has 96 valence electrons. The van der Waals surface area contributed by atoms with Crippen LogP contribution in [0.1, 0.15) is 11.5 Å². The van der Waals surface area contributed by atoms with Gasteiger partial charge in [0.05, 0.1) is 5.92 Å². The fraction of sp³-hybridized carbons (Fsp3) is 0.583. The fourth-order valence-electron chi connectivity index (χ4n) is 1.81. The maximum atomic E-state index is 5.30. The zero-order valence-corrected chi connectivity index (χ0v) is 10.6. The SMILES string of the molecule is COC(OC)C(c1ccncc1)C(OC)OC. The lowest BCUT2D eigenvalue weighted by molar-refractivity contribution is -0.196. The van der Waals surface area contributed by atoms with E-state index in [0.29, 0.717) is 0 Å². The summed E-state index contributed by atoms with van der Waals surface area (Å²) in [7, 11) is 6.35. The topological polar surface area (TPSA) is 49.8 Å². The van der Waals surface area contributed by atoms with Crippen molar-refractivity contribution in [2.75, 3.05) is 28.4 Å². The molecule has 0 saturated heterocycles. The second-order valence-corrected chi connectivity index (χ2v) is 3.49. The Morgan fingerprint density at radius 2 is 1.24 bits per heavy atom. The second-order valence-electron chi connectivity index (χ2n) is 3.49. The van der Waals surface area contributed by atoms with Crippen LogP contribution in [0.15, 0.2) is 24.5 Å². The Hall–Kier alpha value is -1.01. The summed E-state index contributed by atoms with van der Waals surface area (Å²) in [5, 5.41) is 0. The van der Waals surface area contributed by atoms with E-state index in [0.717, 1.165) is 5.56 Å². The predicted molar refractivity (Wildman–Crippen MR) is 62.6 cm³/mol. The van der Waals surface area contributed by atoms with Gasteiger partial charge in [-0.05, 0) is 17.7 Å². The normalized spacial score (nSPS) is 11.7. The minimum atomic E-state index is -0.442. The summed E-state index contributed by atoms with van der Waals surface area (Å²) < 4.78 is 21.2. The molecule has 0 aromatic carbocycles. The lowest BCUT2D eigenvalue weighted by atomic mass is 9.99. The van der Waals surface area contributed by atoms with E-state index in [4.69, 9.17) is 18.9 Å². The van der Waals surface area contributed by atoms with Crippen LogP contribution >= 0.6 is 0 Å². The average molecular weight is 241 g/mol. The van der Waals surface area contributed by atoms with Crippen molar-refractivity contribution in [3.05, 3.63) is 30.1 Å². The molecule has 0 radical (unpaired) electrons. The van der Waals surface area contributed by atoms with Crippen molar-refractivity contribution < 1.29 is 18.9 Å². The van der Waals surface area contributed by atoms with E-state index in [2.05, 4.69) is 4.98 Å². The highest BCUT2D eigenvalue weighted by Gasteiger charge is 2.31. The van der Waals surface area contributed by atoms with Crippen LogP contribution in [0.3, 0.4) is 0 Å². The highest BCUT2D eigenvalue weighted by atomic mass is 16.7. The number of hydrogen-bond acceptors (Lipinski definition) is 5. The summed E-state index contributed by atoms with van der Waals surface area (Å²) >= 11 is 0. The Labute approximate surface area is 102 Å². The lowest BCUT2D eigenvalue weighted by Gasteiger charge is -2.30. The number of hydrogen-bond donors (Lipinski definition) is 0. The van der Waals surface area contributed by atoms with Crippen LogP contribution in [0, 0.1) is 0 Å². The molecule has 0 spiro atoms. The molecule has 5 heteroatoms. The Morgan fingerprint density at radius 1 is 0.824 bits per heavy atom. The van der Waals surface area contributed by atoms with Crippen LogP contribution in [0.25, 0.3) is 0 Å². The van der Waals surface area contributed by atoms with Crippen LogP contribution in [0.5, 0.6) is 0 Å². The summed E-state index contributed by atoms with van der Waals surface area (Å²) in [6.07, 6.45) is 2.55. The van der Waals surface area contributed by atoms with E-state index in [-0.39, 0.29) is 5.92 Å². The number of rotatable bonds is 7. The summed E-state index contributed by atoms with van der Waals surface area (Å²) in [4.78, 5) is 3.99. The van der Waals surface area contributed by atoms with Crippen molar-refractivity contribution in [1.29, 1.82) is 0 Å². The van der Waals surface area contributed by atoms with E-state index in [1.807, 2.05) is 12.1 Å². The van der Waals surface area contributed by atoms with E-state index >= 15 is 0 Å². The van der Waals surface area contributed by atoms with Crippen LogP contribution < -0.4 is 0 Å². The zero-order chi connectivity index (χ0) is 12.7. The van der Waals surface area contributed by atoms with Crippen LogP contribution in [0.2, 0.25) is 0 Å². The highest BCUT2D eigenvalue weighted by molar-refractivity contribution is 5.17.